The molecule has 0 aromatic carbocycles. The molecule has 1 N–H and O–H groups in total. The summed E-state index contributed by atoms with van der Waals surface area (Å²) in [5.74, 6) is 0.704. The lowest BCUT2D eigenvalue weighted by Crippen LogP contribution is -2.10. The first-order valence-corrected chi connectivity index (χ1v) is 9.30. The second kappa shape index (κ2) is 7.11. The molecule has 0 aliphatic heterocycles. The van der Waals surface area contributed by atoms with E-state index in [0.717, 1.165) is 16.2 Å². The average molecular weight is 350 g/mol. The van der Waals surface area contributed by atoms with Crippen LogP contribution in [0.25, 0.3) is 5.65 Å². The van der Waals surface area contributed by atoms with Crippen LogP contribution in [0.15, 0.2) is 41.8 Å². The van der Waals surface area contributed by atoms with Crippen LogP contribution in [0.1, 0.15) is 36.8 Å². The highest BCUT2D eigenvalue weighted by atomic mass is 32.2. The molecule has 0 amide bonds. The third-order valence-electron chi connectivity index (χ3n) is 4.40. The molecule has 7 heteroatoms. The summed E-state index contributed by atoms with van der Waals surface area (Å²) >= 11 is 1.73. The summed E-state index contributed by atoms with van der Waals surface area (Å²) in [6.45, 7) is 0.601. The molecule has 0 bridgehead atoms. The zero-order valence-corrected chi connectivity index (χ0v) is 14.5. The first kappa shape index (κ1) is 15.9. The summed E-state index contributed by atoms with van der Waals surface area (Å²) in [5, 5.41) is 18.8. The van der Waals surface area contributed by atoms with Crippen molar-refractivity contribution in [3.63, 3.8) is 0 Å². The number of nitriles is 1. The van der Waals surface area contributed by atoms with Gasteiger partial charge in [0.2, 0.25) is 0 Å². The minimum atomic E-state index is 0.554. The monoisotopic (exact) mass is 350 g/mol. The fraction of sp³-hybridized carbons (Fsp3) is 0.333. The molecule has 3 aromatic rings. The summed E-state index contributed by atoms with van der Waals surface area (Å²) in [6.07, 6.45) is 10.2. The molecule has 1 saturated carbocycles. The molecule has 3 aromatic heterocycles. The maximum Gasteiger partial charge on any atom is 0.158 e. The molecule has 6 nitrogen and oxygen atoms in total. The Kier molecular flexibility index (Phi) is 4.53. The Morgan fingerprint density at radius 1 is 1.20 bits per heavy atom. The highest BCUT2D eigenvalue weighted by Gasteiger charge is 2.22. The first-order chi connectivity index (χ1) is 12.3. The number of thioether (sulfide) groups is 1. The van der Waals surface area contributed by atoms with Gasteiger partial charge in [-0.2, -0.15) is 14.9 Å². The van der Waals surface area contributed by atoms with E-state index in [2.05, 4.69) is 26.5 Å². The van der Waals surface area contributed by atoms with Crippen LogP contribution in [0, 0.1) is 11.3 Å². The zero-order valence-electron chi connectivity index (χ0n) is 13.7. The lowest BCUT2D eigenvalue weighted by molar-refractivity contribution is 0.880. The molecule has 0 spiro atoms. The van der Waals surface area contributed by atoms with Crippen LogP contribution in [-0.2, 0) is 6.54 Å². The van der Waals surface area contributed by atoms with Crippen molar-refractivity contribution in [2.75, 3.05) is 5.32 Å². The van der Waals surface area contributed by atoms with Gasteiger partial charge in [-0.05, 0) is 30.5 Å². The van der Waals surface area contributed by atoms with Gasteiger partial charge in [-0.15, -0.1) is 11.8 Å². The second-order valence-corrected chi connectivity index (χ2v) is 7.38. The van der Waals surface area contributed by atoms with Crippen molar-refractivity contribution in [2.24, 2.45) is 0 Å². The van der Waals surface area contributed by atoms with E-state index in [-0.39, 0.29) is 0 Å². The van der Waals surface area contributed by atoms with Crippen LogP contribution in [-0.4, -0.2) is 24.8 Å². The van der Waals surface area contributed by atoms with Crippen LogP contribution in [0.4, 0.5) is 5.82 Å². The van der Waals surface area contributed by atoms with Crippen LogP contribution in [0.2, 0.25) is 0 Å². The molecule has 3 heterocycles. The van der Waals surface area contributed by atoms with Crippen molar-refractivity contribution in [2.45, 2.75) is 42.5 Å². The van der Waals surface area contributed by atoms with E-state index in [1.807, 2.05) is 18.2 Å². The lowest BCUT2D eigenvalue weighted by Gasteiger charge is -2.15. The largest absolute Gasteiger partial charge is 0.365 e. The fourth-order valence-electron chi connectivity index (χ4n) is 3.12. The smallest absolute Gasteiger partial charge is 0.158 e. The molecule has 4 rings (SSSR count). The Labute approximate surface area is 150 Å². The van der Waals surface area contributed by atoms with Crippen LogP contribution in [0.5, 0.6) is 0 Å². The zero-order chi connectivity index (χ0) is 17.1. The van der Waals surface area contributed by atoms with Crippen LogP contribution in [0.3, 0.4) is 0 Å². The summed E-state index contributed by atoms with van der Waals surface area (Å²) < 4.78 is 1.71. The molecule has 0 atom stereocenters. The second-order valence-electron chi connectivity index (χ2n) is 6.09. The van der Waals surface area contributed by atoms with Gasteiger partial charge in [0.25, 0.3) is 0 Å². The van der Waals surface area contributed by atoms with Crippen molar-refractivity contribution in [1.29, 1.82) is 5.26 Å². The van der Waals surface area contributed by atoms with Gasteiger partial charge in [0.1, 0.15) is 16.7 Å². The highest BCUT2D eigenvalue weighted by molar-refractivity contribution is 7.99. The highest BCUT2D eigenvalue weighted by Crippen LogP contribution is 2.37. The van der Waals surface area contributed by atoms with Crippen molar-refractivity contribution in [3.8, 4) is 6.07 Å². The van der Waals surface area contributed by atoms with E-state index in [9.17, 15) is 5.26 Å². The van der Waals surface area contributed by atoms with Crippen molar-refractivity contribution < 1.29 is 0 Å². The number of anilines is 1. The van der Waals surface area contributed by atoms with Crippen molar-refractivity contribution in [3.05, 3.63) is 47.9 Å². The van der Waals surface area contributed by atoms with E-state index in [1.165, 1.54) is 25.7 Å². The van der Waals surface area contributed by atoms with E-state index >= 15 is 0 Å². The predicted octanol–water partition coefficient (Wildman–Crippen LogP) is 3.64. The summed E-state index contributed by atoms with van der Waals surface area (Å²) in [7, 11) is 0. The molecule has 1 aliphatic carbocycles. The maximum absolute atomic E-state index is 9.77. The Bertz CT molecular complexity index is 908. The minimum Gasteiger partial charge on any atom is -0.365 e. The first-order valence-electron chi connectivity index (χ1n) is 8.42. The number of hydrogen-bond donors (Lipinski definition) is 1. The Hall–Kier alpha value is -2.59. The standard InChI is InChI=1S/C18H18N6S/c19-11-15-17(21-12-13-5-8-20-9-6-13)24-16(7-10-22-24)23-18(15)25-14-3-1-2-4-14/h5-10,14,21H,1-4,12H2. The van der Waals surface area contributed by atoms with Crippen LogP contribution >= 0.6 is 11.8 Å². The number of aromatic nitrogens is 4. The van der Waals surface area contributed by atoms with Gasteiger partial charge in [-0.25, -0.2) is 4.98 Å². The van der Waals surface area contributed by atoms with Gasteiger partial charge in [0.05, 0.1) is 6.20 Å². The minimum absolute atomic E-state index is 0.554. The van der Waals surface area contributed by atoms with Gasteiger partial charge in [0.15, 0.2) is 11.5 Å². The van der Waals surface area contributed by atoms with E-state index in [0.29, 0.717) is 23.2 Å². The van der Waals surface area contributed by atoms with Crippen LogP contribution < -0.4 is 5.32 Å². The number of nitrogens with zero attached hydrogens (tertiary/aromatic N) is 5. The van der Waals surface area contributed by atoms with Crippen molar-refractivity contribution >= 4 is 23.2 Å². The van der Waals surface area contributed by atoms with E-state index in [1.54, 1.807) is 34.9 Å². The van der Waals surface area contributed by atoms with Gasteiger partial charge in [0, 0.05) is 30.3 Å². The third kappa shape index (κ3) is 3.30. The summed E-state index contributed by atoms with van der Waals surface area (Å²) in [5.41, 5.74) is 2.43. The van der Waals surface area contributed by atoms with E-state index < -0.39 is 0 Å². The Balaban J connectivity index is 1.70. The maximum atomic E-state index is 9.77. The third-order valence-corrected chi connectivity index (χ3v) is 5.73. The lowest BCUT2D eigenvalue weighted by atomic mass is 10.2. The Morgan fingerprint density at radius 2 is 2.00 bits per heavy atom. The quantitative estimate of drug-likeness (QED) is 0.708. The van der Waals surface area contributed by atoms with Gasteiger partial charge < -0.3 is 5.32 Å². The van der Waals surface area contributed by atoms with Gasteiger partial charge in [-0.1, -0.05) is 12.8 Å². The molecule has 0 unspecified atom stereocenters. The van der Waals surface area contributed by atoms with Gasteiger partial charge >= 0.3 is 0 Å². The molecule has 25 heavy (non-hydrogen) atoms. The summed E-state index contributed by atoms with van der Waals surface area (Å²) in [4.78, 5) is 8.71. The number of rotatable bonds is 5. The molecular formula is C18H18N6S. The normalized spacial score (nSPS) is 14.7. The fourth-order valence-corrected chi connectivity index (χ4v) is 4.41. The number of pyridine rings is 1. The molecule has 0 saturated heterocycles. The van der Waals surface area contributed by atoms with Crippen molar-refractivity contribution in [1.82, 2.24) is 19.6 Å². The predicted molar refractivity (Wildman–Crippen MR) is 97.4 cm³/mol. The molecule has 126 valence electrons. The number of hydrogen-bond acceptors (Lipinski definition) is 6. The number of fused-ring (bicyclic) bond motifs is 1. The average Bonchev–Trinajstić information content (AvgIpc) is 3.32. The van der Waals surface area contributed by atoms with Gasteiger partial charge in [-0.3, -0.25) is 4.98 Å². The molecule has 1 fully saturated rings. The topological polar surface area (TPSA) is 78.9 Å². The summed E-state index contributed by atoms with van der Waals surface area (Å²) in [6, 6.07) is 8.12. The number of nitrogens with one attached hydrogen (secondary N) is 1. The van der Waals surface area contributed by atoms with E-state index in [4.69, 9.17) is 0 Å². The SMILES string of the molecule is N#Cc1c(SC2CCCC2)nc2ccnn2c1NCc1ccncc1. The molecule has 0 radical (unpaired) electrons. The Morgan fingerprint density at radius 3 is 2.76 bits per heavy atom. The molecular weight excluding hydrogens is 332 g/mol. The molecule has 1 aliphatic rings.